The molecule has 18 heavy (non-hydrogen) atoms. The SMILES string of the molecule is C=CCC(N)C(=O)Nc1ccc(C(=O)O)c(F)c1. The van der Waals surface area contributed by atoms with E-state index in [1.807, 2.05) is 0 Å². The van der Waals surface area contributed by atoms with E-state index in [4.69, 9.17) is 10.8 Å². The van der Waals surface area contributed by atoms with Gasteiger partial charge in [-0.3, -0.25) is 4.79 Å². The summed E-state index contributed by atoms with van der Waals surface area (Å²) in [7, 11) is 0. The van der Waals surface area contributed by atoms with Crippen LogP contribution in [0.15, 0.2) is 30.9 Å². The Morgan fingerprint density at radius 1 is 1.56 bits per heavy atom. The van der Waals surface area contributed by atoms with Crippen LogP contribution in [0.1, 0.15) is 16.8 Å². The first kappa shape index (κ1) is 13.9. The lowest BCUT2D eigenvalue weighted by atomic mass is 10.1. The molecule has 1 aromatic rings. The Kier molecular flexibility index (Phi) is 4.56. The van der Waals surface area contributed by atoms with Gasteiger partial charge in [-0.05, 0) is 24.6 Å². The molecule has 96 valence electrons. The second-order valence-electron chi connectivity index (χ2n) is 3.62. The maximum atomic E-state index is 13.3. The zero-order valence-electron chi connectivity index (χ0n) is 9.52. The molecule has 0 saturated heterocycles. The van der Waals surface area contributed by atoms with Crippen molar-refractivity contribution in [2.24, 2.45) is 5.73 Å². The Hall–Kier alpha value is -2.21. The Labute approximate surface area is 103 Å². The third kappa shape index (κ3) is 3.39. The summed E-state index contributed by atoms with van der Waals surface area (Å²) in [5.74, 6) is -2.77. The number of carbonyl (C=O) groups is 2. The van der Waals surface area contributed by atoms with Crippen LogP contribution < -0.4 is 11.1 Å². The summed E-state index contributed by atoms with van der Waals surface area (Å²) in [6.45, 7) is 3.45. The van der Waals surface area contributed by atoms with Crippen LogP contribution in [0.4, 0.5) is 10.1 Å². The largest absolute Gasteiger partial charge is 0.478 e. The molecule has 0 radical (unpaired) electrons. The molecule has 1 atom stereocenters. The van der Waals surface area contributed by atoms with E-state index in [2.05, 4.69) is 11.9 Å². The second-order valence-corrected chi connectivity index (χ2v) is 3.62. The molecule has 4 N–H and O–H groups in total. The van der Waals surface area contributed by atoms with Crippen molar-refractivity contribution in [2.45, 2.75) is 12.5 Å². The van der Waals surface area contributed by atoms with Gasteiger partial charge in [0.25, 0.3) is 0 Å². The molecule has 5 nitrogen and oxygen atoms in total. The average Bonchev–Trinajstić information content (AvgIpc) is 2.28. The number of anilines is 1. The van der Waals surface area contributed by atoms with Crippen LogP contribution in [0.2, 0.25) is 0 Å². The highest BCUT2D eigenvalue weighted by Gasteiger charge is 2.14. The first-order valence-corrected chi connectivity index (χ1v) is 5.16. The van der Waals surface area contributed by atoms with Crippen LogP contribution in [-0.4, -0.2) is 23.0 Å². The number of carbonyl (C=O) groups excluding carboxylic acids is 1. The summed E-state index contributed by atoms with van der Waals surface area (Å²) in [6.07, 6.45) is 1.79. The van der Waals surface area contributed by atoms with E-state index in [1.165, 1.54) is 12.1 Å². The summed E-state index contributed by atoms with van der Waals surface area (Å²) in [5, 5.41) is 11.0. The minimum Gasteiger partial charge on any atom is -0.478 e. The molecule has 6 heteroatoms. The van der Waals surface area contributed by atoms with Gasteiger partial charge in [-0.1, -0.05) is 6.08 Å². The number of carboxylic acid groups (broad SMARTS) is 1. The van der Waals surface area contributed by atoms with Crippen molar-refractivity contribution in [1.82, 2.24) is 0 Å². The highest BCUT2D eigenvalue weighted by Crippen LogP contribution is 2.14. The Balaban J connectivity index is 2.80. The third-order valence-corrected chi connectivity index (χ3v) is 2.22. The minimum atomic E-state index is -1.37. The van der Waals surface area contributed by atoms with Crippen molar-refractivity contribution in [1.29, 1.82) is 0 Å². The molecule has 0 saturated carbocycles. The van der Waals surface area contributed by atoms with Gasteiger partial charge in [-0.25, -0.2) is 9.18 Å². The van der Waals surface area contributed by atoms with Crippen LogP contribution in [0.25, 0.3) is 0 Å². The van der Waals surface area contributed by atoms with Gasteiger partial charge in [0.15, 0.2) is 0 Å². The van der Waals surface area contributed by atoms with Crippen LogP contribution in [0.5, 0.6) is 0 Å². The molecule has 0 spiro atoms. The van der Waals surface area contributed by atoms with Crippen LogP contribution >= 0.6 is 0 Å². The highest BCUT2D eigenvalue weighted by molar-refractivity contribution is 5.95. The molecule has 0 bridgehead atoms. The fraction of sp³-hybridized carbons (Fsp3) is 0.167. The molecule has 1 amide bonds. The average molecular weight is 252 g/mol. The molecule has 0 aromatic heterocycles. The summed E-state index contributed by atoms with van der Waals surface area (Å²) < 4.78 is 13.3. The zero-order chi connectivity index (χ0) is 13.7. The summed E-state index contributed by atoms with van der Waals surface area (Å²) in [5.41, 5.74) is 5.22. The van der Waals surface area contributed by atoms with Gasteiger partial charge in [0, 0.05) is 5.69 Å². The fourth-order valence-electron chi connectivity index (χ4n) is 1.29. The van der Waals surface area contributed by atoms with Gasteiger partial charge in [0.05, 0.1) is 11.6 Å². The van der Waals surface area contributed by atoms with E-state index >= 15 is 0 Å². The number of aromatic carboxylic acids is 1. The zero-order valence-corrected chi connectivity index (χ0v) is 9.52. The maximum Gasteiger partial charge on any atom is 0.338 e. The maximum absolute atomic E-state index is 13.3. The Bertz CT molecular complexity index is 488. The highest BCUT2D eigenvalue weighted by atomic mass is 19.1. The number of nitrogens with one attached hydrogen (secondary N) is 1. The van der Waals surface area contributed by atoms with Crippen molar-refractivity contribution in [3.8, 4) is 0 Å². The van der Waals surface area contributed by atoms with Gasteiger partial charge in [-0.15, -0.1) is 6.58 Å². The normalized spacial score (nSPS) is 11.7. The summed E-state index contributed by atoms with van der Waals surface area (Å²) in [6, 6.07) is 2.53. The standard InChI is InChI=1S/C12H13FN2O3/c1-2-3-10(14)11(16)15-7-4-5-8(12(17)18)9(13)6-7/h2,4-6,10H,1,3,14H2,(H,15,16)(H,17,18). The number of carboxylic acids is 1. The van der Waals surface area contributed by atoms with E-state index in [0.29, 0.717) is 6.42 Å². The quantitative estimate of drug-likeness (QED) is 0.690. The minimum absolute atomic E-state index is 0.155. The second kappa shape index (κ2) is 5.92. The smallest absolute Gasteiger partial charge is 0.338 e. The number of benzene rings is 1. The molecule has 1 rings (SSSR count). The van der Waals surface area contributed by atoms with Crippen molar-refractivity contribution in [3.05, 3.63) is 42.2 Å². The van der Waals surface area contributed by atoms with Crippen molar-refractivity contribution in [3.63, 3.8) is 0 Å². The molecular formula is C12H13FN2O3. The lowest BCUT2D eigenvalue weighted by Gasteiger charge is -2.10. The number of amides is 1. The van der Waals surface area contributed by atoms with E-state index < -0.39 is 29.3 Å². The van der Waals surface area contributed by atoms with Crippen molar-refractivity contribution >= 4 is 17.6 Å². The van der Waals surface area contributed by atoms with E-state index in [-0.39, 0.29) is 5.69 Å². The summed E-state index contributed by atoms with van der Waals surface area (Å²) >= 11 is 0. The molecular weight excluding hydrogens is 239 g/mol. The Morgan fingerprint density at radius 3 is 2.72 bits per heavy atom. The van der Waals surface area contributed by atoms with Crippen LogP contribution in [0, 0.1) is 5.82 Å². The molecule has 1 aromatic carbocycles. The molecule has 0 aliphatic rings. The lowest BCUT2D eigenvalue weighted by molar-refractivity contribution is -0.117. The Morgan fingerprint density at radius 2 is 2.22 bits per heavy atom. The number of hydrogen-bond acceptors (Lipinski definition) is 3. The van der Waals surface area contributed by atoms with E-state index in [9.17, 15) is 14.0 Å². The predicted molar refractivity (Wildman–Crippen MR) is 64.8 cm³/mol. The lowest BCUT2D eigenvalue weighted by Crippen LogP contribution is -2.35. The third-order valence-electron chi connectivity index (χ3n) is 2.22. The van der Waals surface area contributed by atoms with Gasteiger partial charge in [0.1, 0.15) is 5.82 Å². The van der Waals surface area contributed by atoms with E-state index in [0.717, 1.165) is 12.1 Å². The number of rotatable bonds is 5. The number of nitrogens with two attached hydrogens (primary N) is 1. The summed E-state index contributed by atoms with van der Waals surface area (Å²) in [4.78, 5) is 22.1. The monoisotopic (exact) mass is 252 g/mol. The molecule has 0 heterocycles. The van der Waals surface area contributed by atoms with Gasteiger partial charge in [0.2, 0.25) is 5.91 Å². The van der Waals surface area contributed by atoms with Crippen molar-refractivity contribution < 1.29 is 19.1 Å². The molecule has 0 fully saturated rings. The number of hydrogen-bond donors (Lipinski definition) is 3. The fourth-order valence-corrected chi connectivity index (χ4v) is 1.29. The first-order chi connectivity index (χ1) is 8.45. The van der Waals surface area contributed by atoms with Gasteiger partial charge < -0.3 is 16.2 Å². The van der Waals surface area contributed by atoms with Crippen LogP contribution in [0.3, 0.4) is 0 Å². The first-order valence-electron chi connectivity index (χ1n) is 5.16. The molecule has 1 unspecified atom stereocenters. The van der Waals surface area contributed by atoms with Gasteiger partial charge >= 0.3 is 5.97 Å². The topological polar surface area (TPSA) is 92.4 Å². The number of halogens is 1. The van der Waals surface area contributed by atoms with Crippen molar-refractivity contribution in [2.75, 3.05) is 5.32 Å². The van der Waals surface area contributed by atoms with Gasteiger partial charge in [-0.2, -0.15) is 0 Å². The molecule has 0 aliphatic heterocycles. The van der Waals surface area contributed by atoms with Crippen LogP contribution in [-0.2, 0) is 4.79 Å². The van der Waals surface area contributed by atoms with E-state index in [1.54, 1.807) is 0 Å². The molecule has 0 aliphatic carbocycles. The predicted octanol–water partition coefficient (Wildman–Crippen LogP) is 1.37.